The molecule has 0 radical (unpaired) electrons. The second-order valence-electron chi connectivity index (χ2n) is 6.25. The number of hydrogen-bond acceptors (Lipinski definition) is 5. The highest BCUT2D eigenvalue weighted by atomic mass is 32.1. The monoisotopic (exact) mass is 361 g/mol. The van der Waals surface area contributed by atoms with E-state index >= 15 is 0 Å². The molecule has 0 unspecified atom stereocenters. The maximum Gasteiger partial charge on any atom is 0.198 e. The number of amidine groups is 1. The molecule has 130 valence electrons. The third-order valence-electron chi connectivity index (χ3n) is 4.35. The molecule has 0 bridgehead atoms. The van der Waals surface area contributed by atoms with E-state index in [4.69, 9.17) is 5.10 Å². The van der Waals surface area contributed by atoms with Crippen molar-refractivity contribution in [1.82, 2.24) is 0 Å². The lowest BCUT2D eigenvalue weighted by Gasteiger charge is -2.31. The number of nitrogens with zero attached hydrogens (tertiary/aromatic N) is 3. The summed E-state index contributed by atoms with van der Waals surface area (Å²) >= 11 is 1.67. The first-order valence-electron chi connectivity index (χ1n) is 8.48. The van der Waals surface area contributed by atoms with E-state index in [1.807, 2.05) is 58.4 Å². The van der Waals surface area contributed by atoms with Gasteiger partial charge in [0.2, 0.25) is 0 Å². The van der Waals surface area contributed by atoms with E-state index in [1.54, 1.807) is 18.3 Å². The minimum Gasteiger partial charge on any atom is -0.294 e. The number of aryl methyl sites for hydroxylation is 1. The first-order valence-corrected chi connectivity index (χ1v) is 9.36. The Morgan fingerprint density at radius 1 is 0.962 bits per heavy atom. The second kappa shape index (κ2) is 6.77. The molecule has 0 saturated heterocycles. The van der Waals surface area contributed by atoms with E-state index in [0.717, 1.165) is 16.3 Å². The highest BCUT2D eigenvalue weighted by molar-refractivity contribution is 7.10. The highest BCUT2D eigenvalue weighted by Gasteiger charge is 2.39. The van der Waals surface area contributed by atoms with Crippen LogP contribution >= 0.6 is 11.3 Å². The molecule has 0 amide bonds. The number of ketones is 1. The minimum atomic E-state index is -0.181. The molecule has 2 heterocycles. The predicted octanol–water partition coefficient (Wildman–Crippen LogP) is 4.98. The molecule has 1 aromatic heterocycles. The zero-order valence-electron chi connectivity index (χ0n) is 14.7. The van der Waals surface area contributed by atoms with Crippen LogP contribution in [-0.2, 0) is 4.79 Å². The smallest absolute Gasteiger partial charge is 0.198 e. The lowest BCUT2D eigenvalue weighted by atomic mass is 10.2. The number of thiophene rings is 1. The summed E-state index contributed by atoms with van der Waals surface area (Å²) in [5.74, 6) is 0.403. The van der Waals surface area contributed by atoms with Crippen molar-refractivity contribution >= 4 is 34.3 Å². The lowest BCUT2D eigenvalue weighted by Crippen LogP contribution is -2.37. The fraction of sp³-hybridized carbons (Fsp3) is 0.143. The number of benzene rings is 2. The summed E-state index contributed by atoms with van der Waals surface area (Å²) in [5.41, 5.74) is 3.11. The standard InChI is InChI=1S/C21H19N3OS/c1-15-10-12-18(13-11-15)24-21(19-9-6-14-26-19)23(20(22-24)16(2)25)17-7-4-3-5-8-17/h3-14,21H,1-2H3/t21-/m0/s1. The van der Waals surface area contributed by atoms with E-state index in [0.29, 0.717) is 5.84 Å². The molecule has 1 aliphatic rings. The van der Waals surface area contributed by atoms with Gasteiger partial charge >= 0.3 is 0 Å². The van der Waals surface area contributed by atoms with Crippen molar-refractivity contribution in [1.29, 1.82) is 0 Å². The topological polar surface area (TPSA) is 35.9 Å². The molecule has 0 spiro atoms. The number of carbonyl (C=O) groups excluding carboxylic acids is 1. The van der Waals surface area contributed by atoms with Gasteiger partial charge < -0.3 is 0 Å². The first kappa shape index (κ1) is 16.5. The highest BCUT2D eigenvalue weighted by Crippen LogP contribution is 2.40. The summed E-state index contributed by atoms with van der Waals surface area (Å²) in [6.07, 6.45) is -0.181. The Balaban J connectivity index is 1.87. The zero-order chi connectivity index (χ0) is 18.1. The quantitative estimate of drug-likeness (QED) is 0.657. The predicted molar refractivity (Wildman–Crippen MR) is 108 cm³/mol. The van der Waals surface area contributed by atoms with Crippen LogP contribution in [0.4, 0.5) is 11.4 Å². The number of para-hydroxylation sites is 1. The maximum atomic E-state index is 12.4. The summed E-state index contributed by atoms with van der Waals surface area (Å²) in [5, 5.41) is 8.71. The molecule has 0 aliphatic carbocycles. The van der Waals surface area contributed by atoms with Crippen LogP contribution in [0, 0.1) is 6.92 Å². The van der Waals surface area contributed by atoms with Crippen LogP contribution in [0.5, 0.6) is 0 Å². The number of carbonyl (C=O) groups is 1. The van der Waals surface area contributed by atoms with Gasteiger partial charge in [0.25, 0.3) is 0 Å². The van der Waals surface area contributed by atoms with Gasteiger partial charge in [-0.3, -0.25) is 9.69 Å². The van der Waals surface area contributed by atoms with Gasteiger partial charge in [-0.1, -0.05) is 42.0 Å². The Hall–Kier alpha value is -2.92. The van der Waals surface area contributed by atoms with Gasteiger partial charge in [0.05, 0.1) is 5.69 Å². The summed E-state index contributed by atoms with van der Waals surface area (Å²) < 4.78 is 0. The molecule has 4 nitrogen and oxygen atoms in total. The molecule has 0 N–H and O–H groups in total. The first-order chi connectivity index (χ1) is 12.6. The number of anilines is 2. The van der Waals surface area contributed by atoms with E-state index in [1.165, 1.54) is 5.56 Å². The van der Waals surface area contributed by atoms with Crippen LogP contribution in [-0.4, -0.2) is 11.6 Å². The van der Waals surface area contributed by atoms with Crippen LogP contribution in [0.2, 0.25) is 0 Å². The van der Waals surface area contributed by atoms with E-state index in [2.05, 4.69) is 30.5 Å². The molecular formula is C21H19N3OS. The van der Waals surface area contributed by atoms with Crippen molar-refractivity contribution in [3.63, 3.8) is 0 Å². The summed E-state index contributed by atoms with van der Waals surface area (Å²) in [6, 6.07) is 22.3. The molecule has 3 aromatic rings. The molecular weight excluding hydrogens is 342 g/mol. The summed E-state index contributed by atoms with van der Waals surface area (Å²) in [6.45, 7) is 3.63. The Morgan fingerprint density at radius 3 is 2.31 bits per heavy atom. The van der Waals surface area contributed by atoms with Gasteiger partial charge in [-0.25, -0.2) is 5.01 Å². The zero-order valence-corrected chi connectivity index (χ0v) is 15.5. The third-order valence-corrected chi connectivity index (χ3v) is 5.26. The molecule has 0 fully saturated rings. The largest absolute Gasteiger partial charge is 0.294 e. The molecule has 26 heavy (non-hydrogen) atoms. The molecule has 1 atom stereocenters. The Kier molecular flexibility index (Phi) is 4.31. The number of hydrazone groups is 1. The van der Waals surface area contributed by atoms with Gasteiger partial charge in [0.1, 0.15) is 0 Å². The van der Waals surface area contributed by atoms with Crippen molar-refractivity contribution in [2.45, 2.75) is 20.0 Å². The average Bonchev–Trinajstić information content (AvgIpc) is 3.30. The molecule has 1 aliphatic heterocycles. The van der Waals surface area contributed by atoms with Crippen molar-refractivity contribution in [3.05, 3.63) is 82.6 Å². The van der Waals surface area contributed by atoms with Crippen molar-refractivity contribution < 1.29 is 4.79 Å². The number of hydrogen-bond donors (Lipinski definition) is 0. The van der Waals surface area contributed by atoms with Crippen LogP contribution in [0.1, 0.15) is 23.5 Å². The van der Waals surface area contributed by atoms with Crippen LogP contribution in [0.25, 0.3) is 0 Å². The lowest BCUT2D eigenvalue weighted by molar-refractivity contribution is -0.111. The molecule has 2 aromatic carbocycles. The maximum absolute atomic E-state index is 12.4. The van der Waals surface area contributed by atoms with Gasteiger partial charge in [-0.15, -0.1) is 16.4 Å². The normalized spacial score (nSPS) is 16.7. The van der Waals surface area contributed by atoms with E-state index in [-0.39, 0.29) is 11.9 Å². The van der Waals surface area contributed by atoms with Gasteiger partial charge in [-0.05, 0) is 42.6 Å². The number of Topliss-reactive ketones (excluding diaryl/α,β-unsaturated/α-hetero) is 1. The third kappa shape index (κ3) is 2.91. The molecule has 4 rings (SSSR count). The van der Waals surface area contributed by atoms with Crippen LogP contribution in [0.3, 0.4) is 0 Å². The van der Waals surface area contributed by atoms with Gasteiger partial charge in [0, 0.05) is 17.5 Å². The Bertz CT molecular complexity index is 933. The molecule has 0 saturated carbocycles. The number of rotatable bonds is 4. The van der Waals surface area contributed by atoms with E-state index < -0.39 is 0 Å². The van der Waals surface area contributed by atoms with Gasteiger partial charge in [0.15, 0.2) is 17.8 Å². The molecule has 5 heteroatoms. The van der Waals surface area contributed by atoms with Crippen LogP contribution < -0.4 is 9.91 Å². The summed E-state index contributed by atoms with van der Waals surface area (Å²) in [4.78, 5) is 15.5. The Morgan fingerprint density at radius 2 is 1.69 bits per heavy atom. The second-order valence-corrected chi connectivity index (χ2v) is 7.23. The minimum absolute atomic E-state index is 0.0509. The SMILES string of the molecule is CC(=O)C1=NN(c2ccc(C)cc2)[C@@H](c2cccs2)N1c1ccccc1. The fourth-order valence-electron chi connectivity index (χ4n) is 3.10. The van der Waals surface area contributed by atoms with Gasteiger partial charge in [-0.2, -0.15) is 0 Å². The van der Waals surface area contributed by atoms with Crippen LogP contribution in [0.15, 0.2) is 77.2 Å². The van der Waals surface area contributed by atoms with Crippen molar-refractivity contribution in [2.24, 2.45) is 5.10 Å². The van der Waals surface area contributed by atoms with Crippen molar-refractivity contribution in [3.8, 4) is 0 Å². The average molecular weight is 361 g/mol. The Labute approximate surface area is 157 Å². The van der Waals surface area contributed by atoms with E-state index in [9.17, 15) is 4.79 Å². The fourth-order valence-corrected chi connectivity index (χ4v) is 3.90. The van der Waals surface area contributed by atoms with Crippen molar-refractivity contribution in [2.75, 3.05) is 9.91 Å². The summed E-state index contributed by atoms with van der Waals surface area (Å²) in [7, 11) is 0.